The molecule has 0 bridgehead atoms. The van der Waals surface area contributed by atoms with E-state index in [1.807, 2.05) is 0 Å². The average molecular weight is 455 g/mol. The largest absolute Gasteiger partial charge is 0.430 e. The monoisotopic (exact) mass is 454 g/mol. The van der Waals surface area contributed by atoms with E-state index in [0.717, 1.165) is 12.1 Å². The Bertz CT molecular complexity index is 741. The highest BCUT2D eigenvalue weighted by molar-refractivity contribution is 9.10. The van der Waals surface area contributed by atoms with E-state index in [0.29, 0.717) is 22.9 Å². The summed E-state index contributed by atoms with van der Waals surface area (Å²) in [6, 6.07) is 10.4. The second-order valence-corrected chi connectivity index (χ2v) is 6.86. The molecule has 2 rings (SSSR count). The number of hydrogen-bond donors (Lipinski definition) is 0. The lowest BCUT2D eigenvalue weighted by atomic mass is 9.89. The maximum atomic E-state index is 13.8. The Balaban J connectivity index is 2.60. The summed E-state index contributed by atoms with van der Waals surface area (Å²) in [5.41, 5.74) is -4.83. The van der Waals surface area contributed by atoms with Crippen LogP contribution in [0.3, 0.4) is 0 Å². The van der Waals surface area contributed by atoms with Gasteiger partial charge in [-0.15, -0.1) is 0 Å². The fourth-order valence-corrected chi connectivity index (χ4v) is 3.20. The van der Waals surface area contributed by atoms with E-state index in [9.17, 15) is 26.3 Å². The quantitative estimate of drug-likeness (QED) is 0.429. The zero-order valence-electron chi connectivity index (χ0n) is 14.3. The van der Waals surface area contributed by atoms with Crippen LogP contribution in [-0.2, 0) is 23.4 Å². The molecule has 0 saturated heterocycles. The van der Waals surface area contributed by atoms with Crippen LogP contribution in [0.5, 0.6) is 0 Å². The van der Waals surface area contributed by atoms with Gasteiger partial charge in [0.1, 0.15) is 0 Å². The van der Waals surface area contributed by atoms with E-state index in [1.54, 1.807) is 13.0 Å². The molecule has 0 aliphatic carbocycles. The molecule has 0 fully saturated rings. The summed E-state index contributed by atoms with van der Waals surface area (Å²) in [5, 5.41) is 0. The molecule has 27 heavy (non-hydrogen) atoms. The highest BCUT2D eigenvalue weighted by Gasteiger charge is 2.73. The Hall–Kier alpha value is -1.54. The molecule has 0 spiro atoms. The van der Waals surface area contributed by atoms with Crippen molar-refractivity contribution in [1.29, 1.82) is 0 Å². The highest BCUT2D eigenvalue weighted by Crippen LogP contribution is 2.53. The number of rotatable bonds is 6. The minimum Gasteiger partial charge on any atom is -0.349 e. The van der Waals surface area contributed by atoms with Crippen LogP contribution in [0.25, 0.3) is 0 Å². The maximum absolute atomic E-state index is 13.8. The Morgan fingerprint density at radius 2 is 1.48 bits per heavy atom. The lowest BCUT2D eigenvalue weighted by Gasteiger charge is -2.37. The van der Waals surface area contributed by atoms with Crippen LogP contribution >= 0.6 is 15.9 Å². The van der Waals surface area contributed by atoms with E-state index in [-0.39, 0.29) is 5.56 Å². The lowest BCUT2D eigenvalue weighted by molar-refractivity contribution is -0.392. The summed E-state index contributed by atoms with van der Waals surface area (Å²) in [4.78, 5) is 0. The van der Waals surface area contributed by atoms with Crippen molar-refractivity contribution < 1.29 is 31.1 Å². The Morgan fingerprint density at radius 3 is 2.00 bits per heavy atom. The van der Waals surface area contributed by atoms with E-state index in [1.165, 1.54) is 30.3 Å². The zero-order chi connectivity index (χ0) is 20.3. The summed E-state index contributed by atoms with van der Waals surface area (Å²) in [5.74, 6) is 0. The van der Waals surface area contributed by atoms with E-state index < -0.39 is 30.1 Å². The predicted molar refractivity (Wildman–Crippen MR) is 93.2 cm³/mol. The smallest absolute Gasteiger partial charge is 0.349 e. The summed E-state index contributed by atoms with van der Waals surface area (Å²) in [6.45, 7) is 0.949. The van der Waals surface area contributed by atoms with Gasteiger partial charge in [0.25, 0.3) is 5.60 Å². The predicted octanol–water partition coefficient (Wildman–Crippen LogP) is 6.94. The average Bonchev–Trinajstić information content (AvgIpc) is 2.57. The van der Waals surface area contributed by atoms with Gasteiger partial charge in [-0.2, -0.15) is 26.3 Å². The molecule has 8 heteroatoms. The number of ether oxygens (including phenoxy) is 1. The fourth-order valence-electron chi connectivity index (χ4n) is 2.76. The highest BCUT2D eigenvalue weighted by atomic mass is 79.9. The third-order valence-electron chi connectivity index (χ3n) is 4.07. The molecule has 0 atom stereocenters. The van der Waals surface area contributed by atoms with Crippen molar-refractivity contribution in [3.63, 3.8) is 0 Å². The summed E-state index contributed by atoms with van der Waals surface area (Å²) in [7, 11) is 0. The summed E-state index contributed by atoms with van der Waals surface area (Å²) >= 11 is 3.17. The van der Waals surface area contributed by atoms with Crippen LogP contribution in [0, 0.1) is 0 Å². The van der Waals surface area contributed by atoms with E-state index in [4.69, 9.17) is 0 Å². The van der Waals surface area contributed by atoms with Crippen LogP contribution in [-0.4, -0.2) is 12.4 Å². The van der Waals surface area contributed by atoms with Crippen LogP contribution < -0.4 is 0 Å². The fraction of sp³-hybridized carbons (Fsp3) is 0.368. The summed E-state index contributed by atoms with van der Waals surface area (Å²) in [6.07, 6.45) is -10.5. The normalized spacial score (nSPS) is 13.0. The standard InChI is InChI=1S/C19H17BrF6O/c1-2-6-14-11-15(9-10-16(14)20)17(18(21,22)23,19(24,25)26)27-12-13-7-4-3-5-8-13/h3-5,7-11H,2,6,12H2,1H3. The van der Waals surface area contributed by atoms with Gasteiger partial charge in [-0.05, 0) is 23.6 Å². The van der Waals surface area contributed by atoms with Gasteiger partial charge in [-0.1, -0.05) is 71.7 Å². The van der Waals surface area contributed by atoms with Crippen LogP contribution in [0.2, 0.25) is 0 Å². The van der Waals surface area contributed by atoms with Crippen molar-refractivity contribution in [3.8, 4) is 0 Å². The van der Waals surface area contributed by atoms with Crippen molar-refractivity contribution in [2.45, 2.75) is 44.3 Å². The number of halogens is 7. The van der Waals surface area contributed by atoms with Gasteiger partial charge in [0.05, 0.1) is 6.61 Å². The first kappa shape index (κ1) is 21.8. The van der Waals surface area contributed by atoms with Gasteiger partial charge in [0.15, 0.2) is 0 Å². The van der Waals surface area contributed by atoms with Crippen LogP contribution in [0.15, 0.2) is 53.0 Å². The van der Waals surface area contributed by atoms with Gasteiger partial charge in [-0.3, -0.25) is 0 Å². The second-order valence-electron chi connectivity index (χ2n) is 6.01. The summed E-state index contributed by atoms with van der Waals surface area (Å²) < 4.78 is 88.0. The molecule has 0 saturated carbocycles. The zero-order valence-corrected chi connectivity index (χ0v) is 15.9. The van der Waals surface area contributed by atoms with Crippen molar-refractivity contribution in [2.75, 3.05) is 0 Å². The number of hydrogen-bond acceptors (Lipinski definition) is 1. The molecule has 0 aliphatic heterocycles. The van der Waals surface area contributed by atoms with Crippen molar-refractivity contribution in [2.24, 2.45) is 0 Å². The van der Waals surface area contributed by atoms with Gasteiger partial charge in [0.2, 0.25) is 0 Å². The van der Waals surface area contributed by atoms with Crippen molar-refractivity contribution in [3.05, 3.63) is 69.7 Å². The van der Waals surface area contributed by atoms with Gasteiger partial charge >= 0.3 is 12.4 Å². The molecule has 148 valence electrons. The van der Waals surface area contributed by atoms with Gasteiger partial charge in [0, 0.05) is 10.0 Å². The second kappa shape index (κ2) is 8.22. The van der Waals surface area contributed by atoms with Gasteiger partial charge < -0.3 is 4.74 Å². The Labute approximate surface area is 161 Å². The molecular formula is C19H17BrF6O. The minimum atomic E-state index is -5.70. The van der Waals surface area contributed by atoms with Gasteiger partial charge in [-0.25, -0.2) is 0 Å². The molecule has 0 N–H and O–H groups in total. The van der Waals surface area contributed by atoms with Crippen molar-refractivity contribution >= 4 is 15.9 Å². The maximum Gasteiger partial charge on any atom is 0.430 e. The molecular weight excluding hydrogens is 438 g/mol. The molecule has 0 aliphatic rings. The third-order valence-corrected chi connectivity index (χ3v) is 4.84. The molecule has 0 radical (unpaired) electrons. The Kier molecular flexibility index (Phi) is 6.63. The molecule has 0 aromatic heterocycles. The SMILES string of the molecule is CCCc1cc(C(OCc2ccccc2)(C(F)(F)F)C(F)(F)F)ccc1Br. The molecule has 0 amide bonds. The van der Waals surface area contributed by atoms with E-state index in [2.05, 4.69) is 20.7 Å². The third kappa shape index (κ3) is 4.48. The van der Waals surface area contributed by atoms with Crippen molar-refractivity contribution in [1.82, 2.24) is 0 Å². The first-order valence-corrected chi connectivity index (χ1v) is 8.92. The molecule has 1 nitrogen and oxygen atoms in total. The number of benzene rings is 2. The first-order valence-electron chi connectivity index (χ1n) is 8.13. The Morgan fingerprint density at radius 1 is 0.889 bits per heavy atom. The molecule has 0 unspecified atom stereocenters. The van der Waals surface area contributed by atoms with Crippen LogP contribution in [0.4, 0.5) is 26.3 Å². The minimum absolute atomic E-state index is 0.210. The van der Waals surface area contributed by atoms with Crippen LogP contribution in [0.1, 0.15) is 30.0 Å². The molecule has 0 heterocycles. The first-order chi connectivity index (χ1) is 12.5. The van der Waals surface area contributed by atoms with E-state index >= 15 is 0 Å². The number of aryl methyl sites for hydroxylation is 1. The lowest BCUT2D eigenvalue weighted by Crippen LogP contribution is -2.55. The molecule has 2 aromatic carbocycles. The number of alkyl halides is 6. The topological polar surface area (TPSA) is 9.23 Å². The molecule has 2 aromatic rings.